The molecule has 0 aliphatic carbocycles. The van der Waals surface area contributed by atoms with Gasteiger partial charge in [0.15, 0.2) is 6.61 Å². The molecule has 0 fully saturated rings. The van der Waals surface area contributed by atoms with Crippen LogP contribution >= 0.6 is 0 Å². The van der Waals surface area contributed by atoms with Gasteiger partial charge in [-0.1, -0.05) is 0 Å². The van der Waals surface area contributed by atoms with Gasteiger partial charge in [0.05, 0.1) is 10.9 Å². The number of likely N-dealkylation sites (N-methyl/N-ethyl adjacent to an activating group) is 1. The molecule has 0 unspecified atom stereocenters. The number of nitrogens with one attached hydrogen (secondary N) is 2. The van der Waals surface area contributed by atoms with Crippen LogP contribution in [0, 0.1) is 0 Å². The fourth-order valence-corrected chi connectivity index (χ4v) is 2.79. The molecule has 9 heteroatoms. The molecule has 30 heavy (non-hydrogen) atoms. The maximum absolute atomic E-state index is 12.6. The quantitative estimate of drug-likeness (QED) is 0.638. The van der Waals surface area contributed by atoms with Crippen molar-refractivity contribution in [3.8, 4) is 5.75 Å². The Hall–Kier alpha value is -3.88. The molecule has 3 rings (SSSR count). The number of benzene rings is 2. The summed E-state index contributed by atoms with van der Waals surface area (Å²) < 4.78 is 6.49. The van der Waals surface area contributed by atoms with Crippen molar-refractivity contribution in [1.29, 1.82) is 0 Å². The van der Waals surface area contributed by atoms with E-state index in [1.165, 1.54) is 23.1 Å². The SMILES string of the molecule is CCn1c(=O)[nH]c2cc(C(=O)Nc3ccc(OCC(=O)N(C)C)cc3)ccc2c1=O. The smallest absolute Gasteiger partial charge is 0.328 e. The first kappa shape index (κ1) is 20.8. The molecule has 0 aliphatic rings. The van der Waals surface area contributed by atoms with E-state index in [1.807, 2.05) is 0 Å². The average molecular weight is 410 g/mol. The monoisotopic (exact) mass is 410 g/mol. The summed E-state index contributed by atoms with van der Waals surface area (Å²) in [5.74, 6) is -0.0556. The summed E-state index contributed by atoms with van der Waals surface area (Å²) in [6.45, 7) is 1.89. The highest BCUT2D eigenvalue weighted by Gasteiger charge is 2.11. The fraction of sp³-hybridized carbons (Fsp3) is 0.238. The number of hydrogen-bond donors (Lipinski definition) is 2. The van der Waals surface area contributed by atoms with Gasteiger partial charge in [-0.25, -0.2) is 4.79 Å². The zero-order valence-corrected chi connectivity index (χ0v) is 16.9. The van der Waals surface area contributed by atoms with Crippen molar-refractivity contribution in [1.82, 2.24) is 14.5 Å². The zero-order valence-electron chi connectivity index (χ0n) is 16.9. The molecule has 156 valence electrons. The van der Waals surface area contributed by atoms with Crippen molar-refractivity contribution >= 4 is 28.4 Å². The number of anilines is 1. The lowest BCUT2D eigenvalue weighted by molar-refractivity contribution is -0.130. The zero-order chi connectivity index (χ0) is 21.8. The number of amides is 2. The number of ether oxygens (including phenoxy) is 1. The Morgan fingerprint density at radius 3 is 2.43 bits per heavy atom. The van der Waals surface area contributed by atoms with Gasteiger partial charge in [0, 0.05) is 31.9 Å². The molecule has 2 aromatic carbocycles. The average Bonchev–Trinajstić information content (AvgIpc) is 2.72. The van der Waals surface area contributed by atoms with E-state index in [9.17, 15) is 19.2 Å². The van der Waals surface area contributed by atoms with E-state index in [2.05, 4.69) is 10.3 Å². The topological polar surface area (TPSA) is 114 Å². The molecular weight excluding hydrogens is 388 g/mol. The number of rotatable bonds is 6. The summed E-state index contributed by atoms with van der Waals surface area (Å²) in [5, 5.41) is 3.07. The Kier molecular flexibility index (Phi) is 6.01. The summed E-state index contributed by atoms with van der Waals surface area (Å²) in [7, 11) is 3.29. The molecule has 0 aliphatic heterocycles. The second-order valence-electron chi connectivity index (χ2n) is 6.80. The van der Waals surface area contributed by atoms with Crippen LogP contribution in [0.15, 0.2) is 52.1 Å². The van der Waals surface area contributed by atoms with Gasteiger partial charge in [-0.15, -0.1) is 0 Å². The summed E-state index contributed by atoms with van der Waals surface area (Å²) in [6.07, 6.45) is 0. The molecule has 0 saturated heterocycles. The number of carbonyl (C=O) groups is 2. The third kappa shape index (κ3) is 4.40. The van der Waals surface area contributed by atoms with E-state index in [1.54, 1.807) is 45.3 Å². The molecule has 0 bridgehead atoms. The van der Waals surface area contributed by atoms with Gasteiger partial charge in [-0.2, -0.15) is 0 Å². The minimum absolute atomic E-state index is 0.0757. The Bertz CT molecular complexity index is 1210. The van der Waals surface area contributed by atoms with Crippen molar-refractivity contribution in [2.45, 2.75) is 13.5 Å². The van der Waals surface area contributed by atoms with Crippen molar-refractivity contribution < 1.29 is 14.3 Å². The highest BCUT2D eigenvalue weighted by molar-refractivity contribution is 6.06. The molecule has 0 atom stereocenters. The maximum Gasteiger partial charge on any atom is 0.328 e. The molecule has 0 spiro atoms. The first-order chi connectivity index (χ1) is 14.3. The highest BCUT2D eigenvalue weighted by atomic mass is 16.5. The minimum atomic E-state index is -0.518. The molecule has 2 N–H and O–H groups in total. The third-order valence-electron chi connectivity index (χ3n) is 4.53. The predicted octanol–water partition coefficient (Wildman–Crippen LogP) is 1.43. The van der Waals surface area contributed by atoms with Crippen LogP contribution < -0.4 is 21.3 Å². The van der Waals surface area contributed by atoms with E-state index < -0.39 is 17.2 Å². The van der Waals surface area contributed by atoms with Gasteiger partial charge >= 0.3 is 5.69 Å². The summed E-state index contributed by atoms with van der Waals surface area (Å²) in [4.78, 5) is 52.5. The van der Waals surface area contributed by atoms with Crippen LogP contribution in [0.1, 0.15) is 17.3 Å². The Morgan fingerprint density at radius 1 is 1.10 bits per heavy atom. The van der Waals surface area contributed by atoms with E-state index in [0.29, 0.717) is 27.9 Å². The number of fused-ring (bicyclic) bond motifs is 1. The second kappa shape index (κ2) is 8.64. The van der Waals surface area contributed by atoms with Crippen molar-refractivity contribution in [3.63, 3.8) is 0 Å². The fourth-order valence-electron chi connectivity index (χ4n) is 2.79. The number of aromatic amines is 1. The van der Waals surface area contributed by atoms with Gasteiger partial charge in [0.2, 0.25) is 0 Å². The number of carbonyl (C=O) groups excluding carboxylic acids is 2. The molecular formula is C21H22N4O5. The number of nitrogens with zero attached hydrogens (tertiary/aromatic N) is 2. The highest BCUT2D eigenvalue weighted by Crippen LogP contribution is 2.17. The Balaban J connectivity index is 1.74. The lowest BCUT2D eigenvalue weighted by Crippen LogP contribution is -2.34. The van der Waals surface area contributed by atoms with E-state index in [-0.39, 0.29) is 19.1 Å². The number of aromatic nitrogens is 2. The predicted molar refractivity (Wildman–Crippen MR) is 113 cm³/mol. The lowest BCUT2D eigenvalue weighted by Gasteiger charge is -2.12. The first-order valence-corrected chi connectivity index (χ1v) is 9.31. The van der Waals surface area contributed by atoms with Gasteiger partial charge in [0.1, 0.15) is 5.75 Å². The number of H-pyrrole nitrogens is 1. The Labute approximate surface area is 171 Å². The van der Waals surface area contributed by atoms with Crippen LogP contribution in [0.4, 0.5) is 5.69 Å². The first-order valence-electron chi connectivity index (χ1n) is 9.31. The minimum Gasteiger partial charge on any atom is -0.484 e. The molecule has 0 radical (unpaired) electrons. The third-order valence-corrected chi connectivity index (χ3v) is 4.53. The summed E-state index contributed by atoms with van der Waals surface area (Å²) in [6, 6.07) is 11.1. The van der Waals surface area contributed by atoms with Crippen molar-refractivity contribution in [2.75, 3.05) is 26.0 Å². The molecule has 2 amide bonds. The van der Waals surface area contributed by atoms with Crippen LogP contribution in [0.2, 0.25) is 0 Å². The van der Waals surface area contributed by atoms with Gasteiger partial charge in [-0.3, -0.25) is 19.0 Å². The van der Waals surface area contributed by atoms with Crippen LogP contribution in [-0.2, 0) is 11.3 Å². The van der Waals surface area contributed by atoms with Crippen molar-refractivity contribution in [2.24, 2.45) is 0 Å². The van der Waals surface area contributed by atoms with Gasteiger partial charge in [-0.05, 0) is 49.4 Å². The van der Waals surface area contributed by atoms with E-state index >= 15 is 0 Å². The largest absolute Gasteiger partial charge is 0.484 e. The second-order valence-corrected chi connectivity index (χ2v) is 6.80. The lowest BCUT2D eigenvalue weighted by atomic mass is 10.1. The van der Waals surface area contributed by atoms with Crippen LogP contribution in [0.25, 0.3) is 10.9 Å². The summed E-state index contributed by atoms with van der Waals surface area (Å²) in [5.41, 5.74) is 0.212. The van der Waals surface area contributed by atoms with Gasteiger partial charge < -0.3 is 19.9 Å². The maximum atomic E-state index is 12.6. The standard InChI is InChI=1S/C21H22N4O5/c1-4-25-20(28)16-10-5-13(11-17(16)23-21(25)29)19(27)22-14-6-8-15(9-7-14)30-12-18(26)24(2)3/h5-11H,4,12H2,1-3H3,(H,22,27)(H,23,29). The molecule has 1 aromatic heterocycles. The normalized spacial score (nSPS) is 10.6. The van der Waals surface area contributed by atoms with Crippen molar-refractivity contribution in [3.05, 3.63) is 68.9 Å². The van der Waals surface area contributed by atoms with Crippen LogP contribution in [0.3, 0.4) is 0 Å². The van der Waals surface area contributed by atoms with E-state index in [0.717, 1.165) is 4.57 Å². The molecule has 3 aromatic rings. The Morgan fingerprint density at radius 2 is 1.80 bits per heavy atom. The molecule has 9 nitrogen and oxygen atoms in total. The van der Waals surface area contributed by atoms with Gasteiger partial charge in [0.25, 0.3) is 17.4 Å². The molecule has 0 saturated carbocycles. The molecule has 1 heterocycles. The summed E-state index contributed by atoms with van der Waals surface area (Å²) >= 11 is 0. The van der Waals surface area contributed by atoms with E-state index in [4.69, 9.17) is 4.74 Å². The van der Waals surface area contributed by atoms with Crippen LogP contribution in [0.5, 0.6) is 5.75 Å². The van der Waals surface area contributed by atoms with Crippen LogP contribution in [-0.4, -0.2) is 47.0 Å². The number of hydrogen-bond acceptors (Lipinski definition) is 5.